The van der Waals surface area contributed by atoms with Gasteiger partial charge < -0.3 is 9.84 Å². The molecule has 3 nitrogen and oxygen atoms in total. The predicted molar refractivity (Wildman–Crippen MR) is 62.8 cm³/mol. The number of ether oxygens (including phenoxy) is 1. The summed E-state index contributed by atoms with van der Waals surface area (Å²) in [6.07, 6.45) is 0. The molecule has 17 heavy (non-hydrogen) atoms. The number of hydrogen-bond acceptors (Lipinski definition) is 2. The Labute approximate surface area is 100 Å². The molecular formula is C13H17FO3. The van der Waals surface area contributed by atoms with Gasteiger partial charge in [0, 0.05) is 11.6 Å². The van der Waals surface area contributed by atoms with Crippen LogP contribution in [0.2, 0.25) is 0 Å². The summed E-state index contributed by atoms with van der Waals surface area (Å²) < 4.78 is 18.8. The topological polar surface area (TPSA) is 46.5 Å². The highest BCUT2D eigenvalue weighted by Gasteiger charge is 2.40. The van der Waals surface area contributed by atoms with E-state index in [-0.39, 0.29) is 11.5 Å². The van der Waals surface area contributed by atoms with Gasteiger partial charge in [0.2, 0.25) is 0 Å². The molecule has 0 aliphatic heterocycles. The lowest BCUT2D eigenvalue weighted by Gasteiger charge is -2.30. The Balaban J connectivity index is 3.35. The number of aliphatic carboxylic acids is 1. The monoisotopic (exact) mass is 240 g/mol. The van der Waals surface area contributed by atoms with Gasteiger partial charge in [-0.25, -0.2) is 4.39 Å². The largest absolute Gasteiger partial charge is 0.497 e. The molecule has 1 aromatic carbocycles. The number of methoxy groups -OCH3 is 1. The molecule has 1 aromatic rings. The molecule has 0 aliphatic carbocycles. The lowest BCUT2D eigenvalue weighted by Crippen LogP contribution is -2.38. The quantitative estimate of drug-likeness (QED) is 0.880. The van der Waals surface area contributed by atoms with Crippen LogP contribution in [0.25, 0.3) is 0 Å². The van der Waals surface area contributed by atoms with Crippen molar-refractivity contribution in [3.63, 3.8) is 0 Å². The van der Waals surface area contributed by atoms with Crippen molar-refractivity contribution in [2.45, 2.75) is 26.2 Å². The summed E-state index contributed by atoms with van der Waals surface area (Å²) in [6, 6.07) is 4.25. The number of halogens is 1. The average Bonchev–Trinajstić information content (AvgIpc) is 2.27. The first-order chi connectivity index (χ1) is 7.83. The maximum absolute atomic E-state index is 13.9. The molecule has 1 atom stereocenters. The average molecular weight is 240 g/mol. The number of hydrogen-bond donors (Lipinski definition) is 1. The molecule has 0 aliphatic rings. The van der Waals surface area contributed by atoms with Crippen LogP contribution in [0.1, 0.15) is 26.3 Å². The molecule has 0 aromatic heterocycles. The molecule has 1 unspecified atom stereocenters. The maximum atomic E-state index is 13.9. The number of rotatable bonds is 4. The molecule has 0 saturated heterocycles. The standard InChI is InChI=1S/C13H17FO3/c1-8(2)13(3,12(15)16)10-6-5-9(17-4)7-11(10)14/h5-8H,1-4H3,(H,15,16). The minimum atomic E-state index is -1.24. The Morgan fingerprint density at radius 3 is 2.41 bits per heavy atom. The lowest BCUT2D eigenvalue weighted by molar-refractivity contribution is -0.145. The highest BCUT2D eigenvalue weighted by atomic mass is 19.1. The van der Waals surface area contributed by atoms with E-state index in [9.17, 15) is 14.3 Å². The van der Waals surface area contributed by atoms with Crippen molar-refractivity contribution in [1.82, 2.24) is 0 Å². The van der Waals surface area contributed by atoms with Gasteiger partial charge in [0.1, 0.15) is 11.6 Å². The van der Waals surface area contributed by atoms with Crippen molar-refractivity contribution in [2.24, 2.45) is 5.92 Å². The first-order valence-corrected chi connectivity index (χ1v) is 5.41. The van der Waals surface area contributed by atoms with Crippen molar-refractivity contribution in [3.8, 4) is 5.75 Å². The van der Waals surface area contributed by atoms with Gasteiger partial charge in [0.15, 0.2) is 0 Å². The van der Waals surface area contributed by atoms with Crippen molar-refractivity contribution < 1.29 is 19.0 Å². The second-order valence-corrected chi connectivity index (χ2v) is 4.51. The fourth-order valence-corrected chi connectivity index (χ4v) is 1.72. The van der Waals surface area contributed by atoms with Crippen LogP contribution in [0, 0.1) is 11.7 Å². The van der Waals surface area contributed by atoms with E-state index in [0.717, 1.165) is 0 Å². The number of carboxylic acids is 1. The van der Waals surface area contributed by atoms with E-state index in [4.69, 9.17) is 4.74 Å². The first-order valence-electron chi connectivity index (χ1n) is 5.41. The Hall–Kier alpha value is -1.58. The van der Waals surface area contributed by atoms with Crippen LogP contribution >= 0.6 is 0 Å². The third kappa shape index (κ3) is 2.25. The second-order valence-electron chi connectivity index (χ2n) is 4.51. The Morgan fingerprint density at radius 2 is 2.06 bits per heavy atom. The SMILES string of the molecule is COc1ccc(C(C)(C(=O)O)C(C)C)c(F)c1. The van der Waals surface area contributed by atoms with Crippen molar-refractivity contribution in [1.29, 1.82) is 0 Å². The highest BCUT2D eigenvalue weighted by molar-refractivity contribution is 5.81. The lowest BCUT2D eigenvalue weighted by atomic mass is 9.73. The minimum absolute atomic E-state index is 0.181. The molecule has 0 radical (unpaired) electrons. The molecule has 4 heteroatoms. The molecule has 0 amide bonds. The van der Waals surface area contributed by atoms with E-state index in [2.05, 4.69) is 0 Å². The summed E-state index contributed by atoms with van der Waals surface area (Å²) in [5.41, 5.74) is -1.06. The van der Waals surface area contributed by atoms with Crippen molar-refractivity contribution in [2.75, 3.05) is 7.11 Å². The third-order valence-electron chi connectivity index (χ3n) is 3.33. The molecule has 0 bridgehead atoms. The first kappa shape index (κ1) is 13.5. The second kappa shape index (κ2) is 4.73. The van der Waals surface area contributed by atoms with Crippen molar-refractivity contribution >= 4 is 5.97 Å². The van der Waals surface area contributed by atoms with Crippen LogP contribution in [0.5, 0.6) is 5.75 Å². The van der Waals surface area contributed by atoms with Crippen LogP contribution in [-0.2, 0) is 10.2 Å². The zero-order valence-corrected chi connectivity index (χ0v) is 10.5. The van der Waals surface area contributed by atoms with E-state index >= 15 is 0 Å². The fraction of sp³-hybridized carbons (Fsp3) is 0.462. The summed E-state index contributed by atoms with van der Waals surface area (Å²) in [4.78, 5) is 11.4. The molecule has 0 heterocycles. The van der Waals surface area contributed by atoms with E-state index < -0.39 is 17.2 Å². The van der Waals surface area contributed by atoms with Crippen LogP contribution in [0.15, 0.2) is 18.2 Å². The zero-order chi connectivity index (χ0) is 13.2. The normalized spacial score (nSPS) is 14.5. The summed E-state index contributed by atoms with van der Waals surface area (Å²) >= 11 is 0. The summed E-state index contributed by atoms with van der Waals surface area (Å²) in [6.45, 7) is 5.06. The number of benzene rings is 1. The van der Waals surface area contributed by atoms with Gasteiger partial charge in [-0.15, -0.1) is 0 Å². The predicted octanol–water partition coefficient (Wildman–Crippen LogP) is 2.83. The summed E-state index contributed by atoms with van der Waals surface area (Å²) in [5.74, 6) is -1.43. The Kier molecular flexibility index (Phi) is 3.76. The van der Waals surface area contributed by atoms with Gasteiger partial charge in [-0.3, -0.25) is 4.79 Å². The molecule has 0 spiro atoms. The summed E-state index contributed by atoms with van der Waals surface area (Å²) in [5, 5.41) is 9.31. The third-order valence-corrected chi connectivity index (χ3v) is 3.33. The molecular weight excluding hydrogens is 223 g/mol. The molecule has 1 N–H and O–H groups in total. The Morgan fingerprint density at radius 1 is 1.47 bits per heavy atom. The molecule has 0 saturated carbocycles. The minimum Gasteiger partial charge on any atom is -0.497 e. The van der Waals surface area contributed by atoms with Crippen LogP contribution in [-0.4, -0.2) is 18.2 Å². The van der Waals surface area contributed by atoms with E-state index in [1.54, 1.807) is 19.9 Å². The van der Waals surface area contributed by atoms with Crippen molar-refractivity contribution in [3.05, 3.63) is 29.6 Å². The fourth-order valence-electron chi connectivity index (χ4n) is 1.72. The van der Waals surface area contributed by atoms with Gasteiger partial charge in [-0.2, -0.15) is 0 Å². The summed E-state index contributed by atoms with van der Waals surface area (Å²) in [7, 11) is 1.44. The van der Waals surface area contributed by atoms with Gasteiger partial charge >= 0.3 is 5.97 Å². The van der Waals surface area contributed by atoms with Gasteiger partial charge in [0.05, 0.1) is 12.5 Å². The van der Waals surface area contributed by atoms with Gasteiger partial charge in [0.25, 0.3) is 0 Å². The highest BCUT2D eigenvalue weighted by Crippen LogP contribution is 2.35. The number of carbonyl (C=O) groups is 1. The number of carboxylic acid groups (broad SMARTS) is 1. The van der Waals surface area contributed by atoms with Crippen LogP contribution < -0.4 is 4.74 Å². The van der Waals surface area contributed by atoms with E-state index in [1.165, 1.54) is 26.2 Å². The smallest absolute Gasteiger partial charge is 0.314 e. The Bertz CT molecular complexity index is 429. The zero-order valence-electron chi connectivity index (χ0n) is 10.5. The molecule has 94 valence electrons. The maximum Gasteiger partial charge on any atom is 0.314 e. The van der Waals surface area contributed by atoms with Gasteiger partial charge in [-0.1, -0.05) is 19.9 Å². The van der Waals surface area contributed by atoms with Crippen LogP contribution in [0.4, 0.5) is 4.39 Å². The van der Waals surface area contributed by atoms with E-state index in [0.29, 0.717) is 5.75 Å². The molecule has 1 rings (SSSR count). The van der Waals surface area contributed by atoms with Crippen LogP contribution in [0.3, 0.4) is 0 Å². The molecule has 0 fully saturated rings. The van der Waals surface area contributed by atoms with E-state index in [1.807, 2.05) is 0 Å². The van der Waals surface area contributed by atoms with Gasteiger partial charge in [-0.05, 0) is 18.9 Å².